The first-order valence-corrected chi connectivity index (χ1v) is 8.32. The first-order valence-electron chi connectivity index (χ1n) is 8.32. The second kappa shape index (κ2) is 6.52. The van der Waals surface area contributed by atoms with Crippen LogP contribution in [0.1, 0.15) is 5.56 Å². The zero-order chi connectivity index (χ0) is 18.1. The predicted octanol–water partition coefficient (Wildman–Crippen LogP) is 4.85. The number of aromatic nitrogens is 3. The van der Waals surface area contributed by atoms with Crippen LogP contribution in [0, 0.1) is 12.7 Å². The molecule has 4 rings (SSSR count). The van der Waals surface area contributed by atoms with Gasteiger partial charge in [0.05, 0.1) is 5.52 Å². The molecule has 0 aliphatic carbocycles. The molecule has 0 bridgehead atoms. The molecule has 0 unspecified atom stereocenters. The van der Waals surface area contributed by atoms with Crippen LogP contribution in [0.4, 0.5) is 10.2 Å². The van der Waals surface area contributed by atoms with Crippen molar-refractivity contribution in [2.45, 2.75) is 6.92 Å². The minimum absolute atomic E-state index is 0.247. The topological polar surface area (TPSA) is 50.7 Å². The van der Waals surface area contributed by atoms with E-state index in [0.717, 1.165) is 39.0 Å². The molecular weight excluding hydrogens is 327 g/mol. The average molecular weight is 344 g/mol. The van der Waals surface area contributed by atoms with Crippen molar-refractivity contribution in [3.8, 4) is 22.5 Å². The van der Waals surface area contributed by atoms with Crippen LogP contribution in [-0.2, 0) is 0 Å². The molecule has 0 saturated carbocycles. The number of fused-ring (bicyclic) bond motifs is 1. The molecule has 0 aliphatic heterocycles. The lowest BCUT2D eigenvalue weighted by Crippen LogP contribution is -1.99. The Bertz CT molecular complexity index is 1090. The summed E-state index contributed by atoms with van der Waals surface area (Å²) in [5.74, 6) is 1.09. The van der Waals surface area contributed by atoms with Gasteiger partial charge in [0.2, 0.25) is 0 Å². The summed E-state index contributed by atoms with van der Waals surface area (Å²) in [7, 11) is 1.83. The first-order chi connectivity index (χ1) is 12.7. The van der Waals surface area contributed by atoms with E-state index in [9.17, 15) is 4.39 Å². The van der Waals surface area contributed by atoms with Crippen molar-refractivity contribution >= 4 is 16.7 Å². The van der Waals surface area contributed by atoms with Crippen LogP contribution in [0.15, 0.2) is 60.9 Å². The normalized spacial score (nSPS) is 10.9. The summed E-state index contributed by atoms with van der Waals surface area (Å²) in [5, 5.41) is 4.03. The molecule has 2 aromatic carbocycles. The van der Waals surface area contributed by atoms with Crippen LogP contribution >= 0.6 is 0 Å². The maximum absolute atomic E-state index is 13.7. The zero-order valence-electron chi connectivity index (χ0n) is 14.5. The van der Waals surface area contributed by atoms with Crippen molar-refractivity contribution in [1.82, 2.24) is 15.0 Å². The lowest BCUT2D eigenvalue weighted by Gasteiger charge is -2.11. The molecule has 0 atom stereocenters. The smallest absolute Gasteiger partial charge is 0.163 e. The number of rotatable bonds is 3. The van der Waals surface area contributed by atoms with Gasteiger partial charge in [0.1, 0.15) is 11.6 Å². The molecule has 128 valence electrons. The Hall–Kier alpha value is -3.34. The van der Waals surface area contributed by atoms with Crippen LogP contribution in [-0.4, -0.2) is 22.0 Å². The summed E-state index contributed by atoms with van der Waals surface area (Å²) >= 11 is 0. The third-order valence-corrected chi connectivity index (χ3v) is 4.36. The van der Waals surface area contributed by atoms with Gasteiger partial charge in [-0.2, -0.15) is 0 Å². The third-order valence-electron chi connectivity index (χ3n) is 4.36. The summed E-state index contributed by atoms with van der Waals surface area (Å²) in [6.45, 7) is 1.97. The Kier molecular flexibility index (Phi) is 4.05. The Balaban J connectivity index is 1.90. The van der Waals surface area contributed by atoms with Crippen LogP contribution in [0.3, 0.4) is 0 Å². The quantitative estimate of drug-likeness (QED) is 0.577. The fourth-order valence-corrected chi connectivity index (χ4v) is 3.02. The van der Waals surface area contributed by atoms with Gasteiger partial charge in [-0.15, -0.1) is 0 Å². The van der Waals surface area contributed by atoms with Crippen LogP contribution in [0.5, 0.6) is 0 Å². The number of nitrogens with zero attached hydrogens (tertiary/aromatic N) is 3. The Morgan fingerprint density at radius 2 is 1.85 bits per heavy atom. The second-order valence-electron chi connectivity index (χ2n) is 6.08. The van der Waals surface area contributed by atoms with Gasteiger partial charge in [0.25, 0.3) is 0 Å². The van der Waals surface area contributed by atoms with Crippen LogP contribution in [0.2, 0.25) is 0 Å². The molecule has 0 spiro atoms. The SMILES string of the molecule is CNc1nc(-c2cccnc2)nc2ccc(-c3cc(F)ccc3C)cc12. The summed E-state index contributed by atoms with van der Waals surface area (Å²) < 4.78 is 13.7. The van der Waals surface area contributed by atoms with E-state index in [1.54, 1.807) is 24.5 Å². The fraction of sp³-hybridized carbons (Fsp3) is 0.0952. The highest BCUT2D eigenvalue weighted by molar-refractivity contribution is 5.94. The fourth-order valence-electron chi connectivity index (χ4n) is 3.02. The molecular formula is C21H17FN4. The van der Waals surface area contributed by atoms with E-state index in [0.29, 0.717) is 5.82 Å². The Morgan fingerprint density at radius 3 is 2.62 bits per heavy atom. The largest absolute Gasteiger partial charge is 0.373 e. The van der Waals surface area contributed by atoms with Gasteiger partial charge in [0, 0.05) is 30.4 Å². The molecule has 1 N–H and O–H groups in total. The standard InChI is InChI=1S/C21H17FN4/c1-13-5-7-16(22)11-17(13)14-6-8-19-18(10-14)21(23-2)26-20(25-19)15-4-3-9-24-12-15/h3-12H,1-2H3,(H,23,25,26). The van der Waals surface area contributed by atoms with Crippen molar-refractivity contribution in [1.29, 1.82) is 0 Å². The molecule has 5 heteroatoms. The number of hydrogen-bond donors (Lipinski definition) is 1. The van der Waals surface area contributed by atoms with Crippen molar-refractivity contribution < 1.29 is 4.39 Å². The molecule has 2 aromatic heterocycles. The molecule has 0 fully saturated rings. The number of benzene rings is 2. The number of anilines is 1. The number of halogens is 1. The molecule has 0 saturated heterocycles. The van der Waals surface area contributed by atoms with Gasteiger partial charge >= 0.3 is 0 Å². The lowest BCUT2D eigenvalue weighted by molar-refractivity contribution is 0.628. The van der Waals surface area contributed by atoms with E-state index in [1.165, 1.54) is 6.07 Å². The van der Waals surface area contributed by atoms with Crippen LogP contribution in [0.25, 0.3) is 33.4 Å². The van der Waals surface area contributed by atoms with E-state index in [-0.39, 0.29) is 5.82 Å². The number of pyridine rings is 1. The summed E-state index contributed by atoms with van der Waals surface area (Å²) in [4.78, 5) is 13.4. The molecule has 0 radical (unpaired) electrons. The van der Waals surface area contributed by atoms with Crippen molar-refractivity contribution in [3.63, 3.8) is 0 Å². The number of hydrogen-bond acceptors (Lipinski definition) is 4. The summed E-state index contributed by atoms with van der Waals surface area (Å²) in [5.41, 5.74) is 4.50. The molecule has 4 nitrogen and oxygen atoms in total. The van der Waals surface area contributed by atoms with E-state index in [1.807, 2.05) is 44.3 Å². The highest BCUT2D eigenvalue weighted by atomic mass is 19.1. The van der Waals surface area contributed by atoms with E-state index in [4.69, 9.17) is 0 Å². The molecule has 0 amide bonds. The predicted molar refractivity (Wildman–Crippen MR) is 102 cm³/mol. The third kappa shape index (κ3) is 2.88. The van der Waals surface area contributed by atoms with E-state index >= 15 is 0 Å². The highest BCUT2D eigenvalue weighted by Gasteiger charge is 2.11. The van der Waals surface area contributed by atoms with Crippen molar-refractivity contribution in [3.05, 3.63) is 72.3 Å². The number of nitrogens with one attached hydrogen (secondary N) is 1. The van der Waals surface area contributed by atoms with Crippen molar-refractivity contribution in [2.24, 2.45) is 0 Å². The summed E-state index contributed by atoms with van der Waals surface area (Å²) in [6, 6.07) is 14.5. The minimum Gasteiger partial charge on any atom is -0.373 e. The van der Waals surface area contributed by atoms with E-state index < -0.39 is 0 Å². The molecule has 26 heavy (non-hydrogen) atoms. The number of aryl methyl sites for hydroxylation is 1. The minimum atomic E-state index is -0.247. The molecule has 4 aromatic rings. The van der Waals surface area contributed by atoms with Gasteiger partial charge in [-0.1, -0.05) is 12.1 Å². The van der Waals surface area contributed by atoms with Crippen molar-refractivity contribution in [2.75, 3.05) is 12.4 Å². The van der Waals surface area contributed by atoms with Gasteiger partial charge in [-0.05, 0) is 60.0 Å². The molecule has 2 heterocycles. The van der Waals surface area contributed by atoms with Crippen LogP contribution < -0.4 is 5.32 Å². The van der Waals surface area contributed by atoms with E-state index in [2.05, 4.69) is 20.3 Å². The van der Waals surface area contributed by atoms with Gasteiger partial charge in [-0.3, -0.25) is 4.98 Å². The maximum atomic E-state index is 13.7. The summed E-state index contributed by atoms with van der Waals surface area (Å²) in [6.07, 6.45) is 3.46. The Labute approximate surface area is 150 Å². The highest BCUT2D eigenvalue weighted by Crippen LogP contribution is 2.31. The van der Waals surface area contributed by atoms with Gasteiger partial charge in [0.15, 0.2) is 5.82 Å². The van der Waals surface area contributed by atoms with Gasteiger partial charge in [-0.25, -0.2) is 14.4 Å². The average Bonchev–Trinajstić information content (AvgIpc) is 2.69. The van der Waals surface area contributed by atoms with Gasteiger partial charge < -0.3 is 5.32 Å². The first kappa shape index (κ1) is 16.1. The Morgan fingerprint density at radius 1 is 0.962 bits per heavy atom. The zero-order valence-corrected chi connectivity index (χ0v) is 14.5. The monoisotopic (exact) mass is 344 g/mol. The molecule has 0 aliphatic rings. The lowest BCUT2D eigenvalue weighted by atomic mass is 9.99. The maximum Gasteiger partial charge on any atom is 0.163 e. The second-order valence-corrected chi connectivity index (χ2v) is 6.08.